The Labute approximate surface area is 178 Å². The van der Waals surface area contributed by atoms with Crippen LogP contribution in [0, 0.1) is 24.0 Å². The second-order valence-electron chi connectivity index (χ2n) is 7.35. The van der Waals surface area contributed by atoms with Crippen molar-refractivity contribution >= 4 is 11.5 Å². The average Bonchev–Trinajstić information content (AvgIpc) is 3.34. The maximum Gasteiger partial charge on any atom is 0.270 e. The summed E-state index contributed by atoms with van der Waals surface area (Å²) in [5.74, 6) is 0.272. The predicted octanol–water partition coefficient (Wildman–Crippen LogP) is 4.20. The maximum absolute atomic E-state index is 13.0. The number of aromatic nitrogens is 4. The molecule has 2 heterocycles. The number of Topliss-reactive ketones (excluding diaryl/α,β-unsaturated/α-hetero) is 1. The summed E-state index contributed by atoms with van der Waals surface area (Å²) >= 11 is 0. The summed E-state index contributed by atoms with van der Waals surface area (Å²) in [6, 6.07) is 18.1. The third kappa shape index (κ3) is 4.28. The molecular weight excluding hydrogens is 394 g/mol. The standard InChI is InChI=1S/C23H21N5O3/c1-16-11-21(17(2)27(16)13-18-7-4-3-5-8-18)22(29)14-26-15-24-23(25-26)19-9-6-10-20(12-19)28(30)31/h3-12,15H,13-14H2,1-2H3. The Balaban J connectivity index is 1.52. The Morgan fingerprint density at radius 2 is 1.84 bits per heavy atom. The number of benzene rings is 2. The first kappa shape index (κ1) is 20.2. The summed E-state index contributed by atoms with van der Waals surface area (Å²) in [4.78, 5) is 27.7. The number of rotatable bonds is 7. The zero-order valence-corrected chi connectivity index (χ0v) is 17.2. The van der Waals surface area contributed by atoms with E-state index < -0.39 is 4.92 Å². The second kappa shape index (κ2) is 8.35. The van der Waals surface area contributed by atoms with E-state index >= 15 is 0 Å². The van der Waals surface area contributed by atoms with Crippen LogP contribution in [0.25, 0.3) is 11.4 Å². The second-order valence-corrected chi connectivity index (χ2v) is 7.35. The molecule has 0 aliphatic heterocycles. The average molecular weight is 415 g/mol. The summed E-state index contributed by atoms with van der Waals surface area (Å²) in [5, 5.41) is 15.3. The van der Waals surface area contributed by atoms with Crippen LogP contribution >= 0.6 is 0 Å². The van der Waals surface area contributed by atoms with Crippen molar-refractivity contribution in [3.63, 3.8) is 0 Å². The van der Waals surface area contributed by atoms with Crippen molar-refractivity contribution in [1.29, 1.82) is 0 Å². The molecule has 0 amide bonds. The molecule has 156 valence electrons. The SMILES string of the molecule is Cc1cc(C(=O)Cn2cnc(-c3cccc([N+](=O)[O-])c3)n2)c(C)n1Cc1ccccc1. The number of ketones is 1. The monoisotopic (exact) mass is 415 g/mol. The molecular formula is C23H21N5O3. The van der Waals surface area contributed by atoms with E-state index in [1.807, 2.05) is 38.1 Å². The van der Waals surface area contributed by atoms with E-state index in [4.69, 9.17) is 0 Å². The summed E-state index contributed by atoms with van der Waals surface area (Å²) in [7, 11) is 0. The lowest BCUT2D eigenvalue weighted by Gasteiger charge is -2.10. The summed E-state index contributed by atoms with van der Waals surface area (Å²) in [6.45, 7) is 4.67. The third-order valence-corrected chi connectivity index (χ3v) is 5.21. The molecule has 4 aromatic rings. The largest absolute Gasteiger partial charge is 0.344 e. The predicted molar refractivity (Wildman–Crippen MR) is 116 cm³/mol. The number of carbonyl (C=O) groups excluding carboxylic acids is 1. The molecule has 0 spiro atoms. The molecule has 8 nitrogen and oxygen atoms in total. The first-order valence-corrected chi connectivity index (χ1v) is 9.80. The van der Waals surface area contributed by atoms with Gasteiger partial charge in [-0.2, -0.15) is 5.10 Å². The number of non-ortho nitro benzene ring substituents is 1. The van der Waals surface area contributed by atoms with Crippen LogP contribution in [-0.4, -0.2) is 30.0 Å². The molecule has 4 rings (SSSR count). The molecule has 0 aliphatic carbocycles. The highest BCUT2D eigenvalue weighted by atomic mass is 16.6. The number of hydrogen-bond acceptors (Lipinski definition) is 5. The molecule has 0 saturated heterocycles. The van der Waals surface area contributed by atoms with Gasteiger partial charge in [-0.25, -0.2) is 9.67 Å². The van der Waals surface area contributed by atoms with Crippen LogP contribution in [0.5, 0.6) is 0 Å². The smallest absolute Gasteiger partial charge is 0.270 e. The minimum Gasteiger partial charge on any atom is -0.344 e. The summed E-state index contributed by atoms with van der Waals surface area (Å²) < 4.78 is 3.58. The van der Waals surface area contributed by atoms with Gasteiger partial charge in [0.1, 0.15) is 12.9 Å². The Bertz CT molecular complexity index is 1260. The number of hydrogen-bond donors (Lipinski definition) is 0. The van der Waals surface area contributed by atoms with Crippen molar-refractivity contribution in [2.45, 2.75) is 26.9 Å². The van der Waals surface area contributed by atoms with Crippen LogP contribution < -0.4 is 0 Å². The van der Waals surface area contributed by atoms with Crippen molar-refractivity contribution in [3.8, 4) is 11.4 Å². The number of aryl methyl sites for hydroxylation is 1. The van der Waals surface area contributed by atoms with Crippen LogP contribution in [0.1, 0.15) is 27.3 Å². The van der Waals surface area contributed by atoms with Gasteiger partial charge in [-0.15, -0.1) is 0 Å². The topological polar surface area (TPSA) is 95.8 Å². The van der Waals surface area contributed by atoms with Crippen molar-refractivity contribution < 1.29 is 9.72 Å². The van der Waals surface area contributed by atoms with E-state index in [1.54, 1.807) is 12.1 Å². The van der Waals surface area contributed by atoms with E-state index in [2.05, 4.69) is 26.8 Å². The van der Waals surface area contributed by atoms with Gasteiger partial charge in [0, 0.05) is 41.2 Å². The summed E-state index contributed by atoms with van der Waals surface area (Å²) in [5.41, 5.74) is 4.24. The lowest BCUT2D eigenvalue weighted by Crippen LogP contribution is -2.12. The number of nitro groups is 1. The zero-order chi connectivity index (χ0) is 22.0. The van der Waals surface area contributed by atoms with Gasteiger partial charge in [0.25, 0.3) is 5.69 Å². The fraction of sp³-hybridized carbons (Fsp3) is 0.174. The summed E-state index contributed by atoms with van der Waals surface area (Å²) in [6.07, 6.45) is 1.47. The van der Waals surface area contributed by atoms with E-state index in [-0.39, 0.29) is 18.0 Å². The van der Waals surface area contributed by atoms with Crippen LogP contribution in [-0.2, 0) is 13.1 Å². The molecule has 0 N–H and O–H groups in total. The van der Waals surface area contributed by atoms with Gasteiger partial charge < -0.3 is 4.57 Å². The molecule has 0 aliphatic rings. The van der Waals surface area contributed by atoms with Gasteiger partial charge >= 0.3 is 0 Å². The molecule has 0 saturated carbocycles. The van der Waals surface area contributed by atoms with Crippen molar-refractivity contribution in [3.05, 3.63) is 99.6 Å². The Kier molecular flexibility index (Phi) is 5.44. The van der Waals surface area contributed by atoms with Gasteiger partial charge in [-0.05, 0) is 25.5 Å². The van der Waals surface area contributed by atoms with Gasteiger partial charge in [-0.1, -0.05) is 42.5 Å². The normalized spacial score (nSPS) is 10.9. The molecule has 2 aromatic heterocycles. The zero-order valence-electron chi connectivity index (χ0n) is 17.2. The van der Waals surface area contributed by atoms with Crippen LogP contribution in [0.2, 0.25) is 0 Å². The highest BCUT2D eigenvalue weighted by molar-refractivity contribution is 5.97. The minimum atomic E-state index is -0.463. The van der Waals surface area contributed by atoms with Gasteiger partial charge in [0.15, 0.2) is 11.6 Å². The Hall–Kier alpha value is -4.07. The van der Waals surface area contributed by atoms with Crippen LogP contribution in [0.15, 0.2) is 67.0 Å². The Morgan fingerprint density at radius 3 is 2.58 bits per heavy atom. The number of nitrogens with zero attached hydrogens (tertiary/aromatic N) is 5. The van der Waals surface area contributed by atoms with Gasteiger partial charge in [-0.3, -0.25) is 14.9 Å². The fourth-order valence-corrected chi connectivity index (χ4v) is 3.59. The first-order chi connectivity index (χ1) is 14.9. The van der Waals surface area contributed by atoms with Gasteiger partial charge in [0.05, 0.1) is 4.92 Å². The molecule has 2 aromatic carbocycles. The molecule has 0 radical (unpaired) electrons. The first-order valence-electron chi connectivity index (χ1n) is 9.80. The van der Waals surface area contributed by atoms with E-state index in [0.717, 1.165) is 11.4 Å². The lowest BCUT2D eigenvalue weighted by molar-refractivity contribution is -0.384. The quantitative estimate of drug-likeness (QED) is 0.256. The number of nitro benzene ring substituents is 1. The Morgan fingerprint density at radius 1 is 1.06 bits per heavy atom. The molecule has 8 heteroatoms. The molecule has 0 unspecified atom stereocenters. The molecule has 0 atom stereocenters. The lowest BCUT2D eigenvalue weighted by atomic mass is 10.1. The fourth-order valence-electron chi connectivity index (χ4n) is 3.59. The molecule has 0 fully saturated rings. The van der Waals surface area contributed by atoms with Crippen LogP contribution in [0.4, 0.5) is 5.69 Å². The van der Waals surface area contributed by atoms with Gasteiger partial charge in [0.2, 0.25) is 0 Å². The third-order valence-electron chi connectivity index (χ3n) is 5.21. The van der Waals surface area contributed by atoms with Crippen LogP contribution in [0.3, 0.4) is 0 Å². The minimum absolute atomic E-state index is 0.0317. The van der Waals surface area contributed by atoms with E-state index in [9.17, 15) is 14.9 Å². The van der Waals surface area contributed by atoms with Crippen molar-refractivity contribution in [2.24, 2.45) is 0 Å². The highest BCUT2D eigenvalue weighted by Gasteiger charge is 2.17. The molecule has 31 heavy (non-hydrogen) atoms. The maximum atomic E-state index is 13.0. The van der Waals surface area contributed by atoms with Crippen molar-refractivity contribution in [2.75, 3.05) is 0 Å². The van der Waals surface area contributed by atoms with E-state index in [0.29, 0.717) is 23.5 Å². The van der Waals surface area contributed by atoms with Crippen molar-refractivity contribution in [1.82, 2.24) is 19.3 Å². The highest BCUT2D eigenvalue weighted by Crippen LogP contribution is 2.21. The van der Waals surface area contributed by atoms with E-state index in [1.165, 1.54) is 28.7 Å². The number of carbonyl (C=O) groups is 1. The molecule has 0 bridgehead atoms.